The maximum atomic E-state index is 10.8. The Hall–Kier alpha value is -1.91. The Labute approximate surface area is 88.6 Å². The minimum absolute atomic E-state index is 0.179. The van der Waals surface area contributed by atoms with Crippen LogP contribution in [-0.4, -0.2) is 29.0 Å². The average molecular weight is 206 g/mol. The van der Waals surface area contributed by atoms with Gasteiger partial charge in [-0.15, -0.1) is 0 Å². The van der Waals surface area contributed by atoms with Gasteiger partial charge in [0, 0.05) is 25.0 Å². The van der Waals surface area contributed by atoms with Crippen molar-refractivity contribution in [2.24, 2.45) is 0 Å². The van der Waals surface area contributed by atoms with Gasteiger partial charge in [-0.05, 0) is 19.1 Å². The van der Waals surface area contributed by atoms with Gasteiger partial charge in [0.15, 0.2) is 0 Å². The van der Waals surface area contributed by atoms with Gasteiger partial charge in [-0.2, -0.15) is 0 Å². The minimum Gasteiger partial charge on any atom is -0.352 e. The molecule has 1 aromatic rings. The molecule has 5 nitrogen and oxygen atoms in total. The van der Waals surface area contributed by atoms with E-state index >= 15 is 0 Å². The molecule has 0 bridgehead atoms. The summed E-state index contributed by atoms with van der Waals surface area (Å²) in [6.07, 6.45) is 2.93. The summed E-state index contributed by atoms with van der Waals surface area (Å²) < 4.78 is 0. The monoisotopic (exact) mass is 206 g/mol. The van der Waals surface area contributed by atoms with Gasteiger partial charge in [0.1, 0.15) is 0 Å². The third-order valence-corrected chi connectivity index (χ3v) is 1.69. The average Bonchev–Trinajstić information content (AvgIpc) is 2.24. The van der Waals surface area contributed by atoms with Gasteiger partial charge in [-0.1, -0.05) is 6.58 Å². The Morgan fingerprint density at radius 2 is 2.40 bits per heavy atom. The standard InChI is InChI=1S/C10H14N4O/c1-3-9(15)11-6-7-13-10-12-5-4-8(2)14-10/h3-5H,1,6-7H2,2H3,(H,11,15)(H,12,13,14). The highest BCUT2D eigenvalue weighted by Gasteiger charge is 1.95. The molecule has 0 saturated heterocycles. The Morgan fingerprint density at radius 3 is 3.07 bits per heavy atom. The Kier molecular flexibility index (Phi) is 4.28. The molecule has 0 aliphatic carbocycles. The molecule has 2 N–H and O–H groups in total. The van der Waals surface area contributed by atoms with Crippen molar-refractivity contribution >= 4 is 11.9 Å². The molecule has 1 aromatic heterocycles. The van der Waals surface area contributed by atoms with Crippen molar-refractivity contribution in [3.05, 3.63) is 30.6 Å². The summed E-state index contributed by atoms with van der Waals surface area (Å²) in [5.41, 5.74) is 0.905. The summed E-state index contributed by atoms with van der Waals surface area (Å²) in [6.45, 7) is 6.35. The minimum atomic E-state index is -0.179. The van der Waals surface area contributed by atoms with Crippen LogP contribution in [0.5, 0.6) is 0 Å². The SMILES string of the molecule is C=CC(=O)NCCNc1nccc(C)n1. The van der Waals surface area contributed by atoms with Crippen molar-refractivity contribution < 1.29 is 4.79 Å². The topological polar surface area (TPSA) is 66.9 Å². The molecular formula is C10H14N4O. The molecule has 0 aromatic carbocycles. The van der Waals surface area contributed by atoms with Gasteiger partial charge in [0.2, 0.25) is 11.9 Å². The first-order chi connectivity index (χ1) is 7.22. The second-order valence-corrected chi connectivity index (χ2v) is 2.94. The predicted molar refractivity (Wildman–Crippen MR) is 58.5 cm³/mol. The van der Waals surface area contributed by atoms with Crippen molar-refractivity contribution in [3.8, 4) is 0 Å². The molecule has 5 heteroatoms. The van der Waals surface area contributed by atoms with Crippen molar-refractivity contribution in [1.82, 2.24) is 15.3 Å². The van der Waals surface area contributed by atoms with Gasteiger partial charge in [0.05, 0.1) is 0 Å². The molecule has 1 amide bonds. The number of hydrogen-bond acceptors (Lipinski definition) is 4. The quantitative estimate of drug-likeness (QED) is 0.544. The summed E-state index contributed by atoms with van der Waals surface area (Å²) in [5.74, 6) is 0.393. The van der Waals surface area contributed by atoms with Crippen LogP contribution < -0.4 is 10.6 Å². The van der Waals surface area contributed by atoms with E-state index in [0.717, 1.165) is 5.69 Å². The lowest BCUT2D eigenvalue weighted by atomic mass is 10.5. The number of amides is 1. The fraction of sp³-hybridized carbons (Fsp3) is 0.300. The highest BCUT2D eigenvalue weighted by molar-refractivity contribution is 5.86. The highest BCUT2D eigenvalue weighted by Crippen LogP contribution is 1.97. The number of rotatable bonds is 5. The number of hydrogen-bond donors (Lipinski definition) is 2. The summed E-state index contributed by atoms with van der Waals surface area (Å²) >= 11 is 0. The number of carbonyl (C=O) groups is 1. The zero-order chi connectivity index (χ0) is 11.1. The van der Waals surface area contributed by atoms with E-state index in [1.807, 2.05) is 13.0 Å². The highest BCUT2D eigenvalue weighted by atomic mass is 16.1. The number of aromatic nitrogens is 2. The van der Waals surface area contributed by atoms with Crippen LogP contribution in [-0.2, 0) is 4.79 Å². The van der Waals surface area contributed by atoms with Gasteiger partial charge in [-0.3, -0.25) is 4.79 Å². The molecule has 15 heavy (non-hydrogen) atoms. The third kappa shape index (κ3) is 4.21. The molecule has 80 valence electrons. The molecule has 1 heterocycles. The smallest absolute Gasteiger partial charge is 0.243 e. The van der Waals surface area contributed by atoms with Crippen LogP contribution in [0.25, 0.3) is 0 Å². The lowest BCUT2D eigenvalue weighted by Crippen LogP contribution is -2.27. The Morgan fingerprint density at radius 1 is 1.60 bits per heavy atom. The van der Waals surface area contributed by atoms with E-state index in [1.165, 1.54) is 6.08 Å². The first kappa shape index (κ1) is 11.2. The normalized spacial score (nSPS) is 9.40. The summed E-state index contributed by atoms with van der Waals surface area (Å²) in [4.78, 5) is 19.0. The fourth-order valence-corrected chi connectivity index (χ4v) is 0.966. The van der Waals surface area contributed by atoms with Crippen LogP contribution >= 0.6 is 0 Å². The first-order valence-electron chi connectivity index (χ1n) is 4.66. The van der Waals surface area contributed by atoms with Gasteiger partial charge >= 0.3 is 0 Å². The van der Waals surface area contributed by atoms with Crippen LogP contribution in [0, 0.1) is 6.92 Å². The van der Waals surface area contributed by atoms with Crippen molar-refractivity contribution in [2.75, 3.05) is 18.4 Å². The number of carbonyl (C=O) groups excluding carboxylic acids is 1. The molecule has 0 radical (unpaired) electrons. The fourth-order valence-electron chi connectivity index (χ4n) is 0.966. The van der Waals surface area contributed by atoms with Gasteiger partial charge in [0.25, 0.3) is 0 Å². The molecule has 0 unspecified atom stereocenters. The molecule has 0 fully saturated rings. The van der Waals surface area contributed by atoms with Crippen LogP contribution in [0.15, 0.2) is 24.9 Å². The zero-order valence-electron chi connectivity index (χ0n) is 8.66. The second-order valence-electron chi connectivity index (χ2n) is 2.94. The van der Waals surface area contributed by atoms with E-state index in [2.05, 4.69) is 27.2 Å². The number of anilines is 1. The van der Waals surface area contributed by atoms with Crippen molar-refractivity contribution in [2.45, 2.75) is 6.92 Å². The van der Waals surface area contributed by atoms with Crippen LogP contribution in [0.3, 0.4) is 0 Å². The third-order valence-electron chi connectivity index (χ3n) is 1.69. The maximum Gasteiger partial charge on any atom is 0.243 e. The first-order valence-corrected chi connectivity index (χ1v) is 4.66. The van der Waals surface area contributed by atoms with Crippen molar-refractivity contribution in [1.29, 1.82) is 0 Å². The van der Waals surface area contributed by atoms with Crippen LogP contribution in [0.2, 0.25) is 0 Å². The van der Waals surface area contributed by atoms with Gasteiger partial charge in [-0.25, -0.2) is 9.97 Å². The largest absolute Gasteiger partial charge is 0.352 e. The van der Waals surface area contributed by atoms with E-state index in [4.69, 9.17) is 0 Å². The zero-order valence-corrected chi connectivity index (χ0v) is 8.66. The lowest BCUT2D eigenvalue weighted by molar-refractivity contribution is -0.116. The number of aryl methyl sites for hydroxylation is 1. The Balaban J connectivity index is 2.26. The van der Waals surface area contributed by atoms with Crippen molar-refractivity contribution in [3.63, 3.8) is 0 Å². The van der Waals surface area contributed by atoms with Crippen LogP contribution in [0.1, 0.15) is 5.69 Å². The predicted octanol–water partition coefficient (Wildman–Crippen LogP) is 0.499. The summed E-state index contributed by atoms with van der Waals surface area (Å²) in [6, 6.07) is 1.82. The van der Waals surface area contributed by atoms with E-state index in [9.17, 15) is 4.79 Å². The number of nitrogens with one attached hydrogen (secondary N) is 2. The van der Waals surface area contributed by atoms with E-state index in [1.54, 1.807) is 6.20 Å². The second kappa shape index (κ2) is 5.74. The summed E-state index contributed by atoms with van der Waals surface area (Å²) in [5, 5.41) is 5.64. The van der Waals surface area contributed by atoms with E-state index in [-0.39, 0.29) is 5.91 Å². The molecular weight excluding hydrogens is 192 g/mol. The summed E-state index contributed by atoms with van der Waals surface area (Å²) in [7, 11) is 0. The number of nitrogens with zero attached hydrogens (tertiary/aromatic N) is 2. The lowest BCUT2D eigenvalue weighted by Gasteiger charge is -2.05. The molecule has 1 rings (SSSR count). The van der Waals surface area contributed by atoms with E-state index < -0.39 is 0 Å². The molecule has 0 saturated carbocycles. The van der Waals surface area contributed by atoms with Crippen LogP contribution in [0.4, 0.5) is 5.95 Å². The van der Waals surface area contributed by atoms with Gasteiger partial charge < -0.3 is 10.6 Å². The molecule has 0 aliphatic heterocycles. The Bertz CT molecular complexity index is 351. The maximum absolute atomic E-state index is 10.8. The molecule has 0 spiro atoms. The molecule has 0 aliphatic rings. The van der Waals surface area contributed by atoms with E-state index in [0.29, 0.717) is 19.0 Å². The molecule has 0 atom stereocenters.